The van der Waals surface area contributed by atoms with E-state index < -0.39 is 0 Å². The zero-order chi connectivity index (χ0) is 13.5. The molecule has 0 spiro atoms. The summed E-state index contributed by atoms with van der Waals surface area (Å²) in [5.41, 5.74) is 1.32. The molecule has 0 aliphatic rings. The monoisotopic (exact) mass is 278 g/mol. The molecule has 0 saturated carbocycles. The van der Waals surface area contributed by atoms with Gasteiger partial charge in [-0.25, -0.2) is 0 Å². The van der Waals surface area contributed by atoms with E-state index in [1.54, 1.807) is 22.7 Å². The molecule has 0 aliphatic heterocycles. The van der Waals surface area contributed by atoms with Crippen LogP contribution in [0.1, 0.15) is 50.6 Å². The summed E-state index contributed by atoms with van der Waals surface area (Å²) in [6.07, 6.45) is 0. The van der Waals surface area contributed by atoms with Crippen LogP contribution in [0, 0.1) is 13.8 Å². The second kappa shape index (κ2) is 4.63. The van der Waals surface area contributed by atoms with Crippen molar-refractivity contribution in [2.45, 2.75) is 40.0 Å². The predicted molar refractivity (Wildman–Crippen MR) is 80.2 cm³/mol. The van der Waals surface area contributed by atoms with Crippen LogP contribution in [0.4, 0.5) is 0 Å². The molecule has 0 atom stereocenters. The number of carbonyl (C=O) groups excluding carboxylic acids is 1. The molecule has 0 fully saturated rings. The minimum absolute atomic E-state index is 0.116. The first kappa shape index (κ1) is 13.5. The summed E-state index contributed by atoms with van der Waals surface area (Å²) in [5, 5.41) is 0. The molecule has 1 nitrogen and oxygen atoms in total. The van der Waals surface area contributed by atoms with Gasteiger partial charge < -0.3 is 0 Å². The lowest BCUT2D eigenvalue weighted by Gasteiger charge is -2.15. The van der Waals surface area contributed by atoms with E-state index in [1.165, 1.54) is 15.3 Å². The van der Waals surface area contributed by atoms with Gasteiger partial charge in [-0.15, -0.1) is 22.7 Å². The maximum Gasteiger partial charge on any atom is 0.212 e. The van der Waals surface area contributed by atoms with Gasteiger partial charge in [-0.2, -0.15) is 0 Å². The van der Waals surface area contributed by atoms with E-state index in [4.69, 9.17) is 0 Å². The van der Waals surface area contributed by atoms with E-state index in [0.717, 1.165) is 9.75 Å². The third-order valence-electron chi connectivity index (χ3n) is 2.96. The Labute approximate surface area is 116 Å². The van der Waals surface area contributed by atoms with Crippen LogP contribution in [0.25, 0.3) is 0 Å². The quantitative estimate of drug-likeness (QED) is 0.710. The number of rotatable bonds is 2. The summed E-state index contributed by atoms with van der Waals surface area (Å²) >= 11 is 3.21. The highest BCUT2D eigenvalue weighted by Crippen LogP contribution is 2.32. The van der Waals surface area contributed by atoms with Crippen LogP contribution in [-0.2, 0) is 5.41 Å². The molecule has 0 bridgehead atoms. The summed E-state index contributed by atoms with van der Waals surface area (Å²) in [5.74, 6) is 0.164. The maximum atomic E-state index is 12.4. The van der Waals surface area contributed by atoms with E-state index in [9.17, 15) is 4.79 Å². The summed E-state index contributed by atoms with van der Waals surface area (Å²) in [4.78, 5) is 16.6. The molecule has 0 amide bonds. The molecule has 0 aromatic carbocycles. The Morgan fingerprint density at radius 3 is 2.17 bits per heavy atom. The zero-order valence-corrected chi connectivity index (χ0v) is 13.1. The van der Waals surface area contributed by atoms with Crippen molar-refractivity contribution >= 4 is 28.5 Å². The molecule has 3 heteroatoms. The average Bonchev–Trinajstić information content (AvgIpc) is 2.85. The lowest BCUT2D eigenvalue weighted by Crippen LogP contribution is -2.07. The Balaban J connectivity index is 2.32. The van der Waals surface area contributed by atoms with Gasteiger partial charge in [0.05, 0.1) is 9.75 Å². The van der Waals surface area contributed by atoms with Gasteiger partial charge in [-0.3, -0.25) is 4.79 Å². The number of hydrogen-bond acceptors (Lipinski definition) is 3. The Morgan fingerprint density at radius 1 is 1.06 bits per heavy atom. The van der Waals surface area contributed by atoms with Crippen LogP contribution >= 0.6 is 22.7 Å². The Bertz CT molecular complexity index is 562. The first-order valence-corrected chi connectivity index (χ1v) is 7.64. The van der Waals surface area contributed by atoms with Gasteiger partial charge >= 0.3 is 0 Å². The fourth-order valence-corrected chi connectivity index (χ4v) is 3.74. The second-order valence-electron chi connectivity index (χ2n) is 5.59. The standard InChI is InChI=1S/C15H18OS2/c1-9-8-12(17-10(9)2)14(16)11-6-7-13(18-11)15(3,4)5/h6-8H,1-5H3. The van der Waals surface area contributed by atoms with Crippen molar-refractivity contribution in [2.24, 2.45) is 0 Å². The number of aryl methyl sites for hydroxylation is 2. The molecule has 0 N–H and O–H groups in total. The highest BCUT2D eigenvalue weighted by atomic mass is 32.1. The molecule has 0 aliphatic carbocycles. The average molecular weight is 278 g/mol. The van der Waals surface area contributed by atoms with E-state index >= 15 is 0 Å². The fraction of sp³-hybridized carbons (Fsp3) is 0.400. The minimum atomic E-state index is 0.116. The first-order chi connectivity index (χ1) is 8.29. The second-order valence-corrected chi connectivity index (χ2v) is 7.93. The van der Waals surface area contributed by atoms with Gasteiger partial charge in [-0.05, 0) is 43.0 Å². The van der Waals surface area contributed by atoms with Gasteiger partial charge in [0, 0.05) is 9.75 Å². The van der Waals surface area contributed by atoms with Crippen molar-refractivity contribution in [1.29, 1.82) is 0 Å². The van der Waals surface area contributed by atoms with Crippen LogP contribution in [0.15, 0.2) is 18.2 Å². The van der Waals surface area contributed by atoms with Crippen LogP contribution in [0.2, 0.25) is 0 Å². The molecule has 0 radical (unpaired) electrons. The molecule has 0 saturated heterocycles. The highest BCUT2D eigenvalue weighted by Gasteiger charge is 2.20. The summed E-state index contributed by atoms with van der Waals surface area (Å²) in [6.45, 7) is 10.6. The summed E-state index contributed by atoms with van der Waals surface area (Å²) < 4.78 is 0. The maximum absolute atomic E-state index is 12.4. The van der Waals surface area contributed by atoms with Crippen LogP contribution in [0.5, 0.6) is 0 Å². The summed E-state index contributed by atoms with van der Waals surface area (Å²) in [6, 6.07) is 6.03. The fourth-order valence-electron chi connectivity index (χ4n) is 1.67. The van der Waals surface area contributed by atoms with Crippen molar-refractivity contribution in [3.05, 3.63) is 43.3 Å². The topological polar surface area (TPSA) is 17.1 Å². The van der Waals surface area contributed by atoms with E-state index in [2.05, 4.69) is 40.7 Å². The van der Waals surface area contributed by atoms with Crippen molar-refractivity contribution in [1.82, 2.24) is 0 Å². The molecule has 18 heavy (non-hydrogen) atoms. The zero-order valence-electron chi connectivity index (χ0n) is 11.5. The molecule has 2 aromatic heterocycles. The number of hydrogen-bond donors (Lipinski definition) is 0. The lowest BCUT2D eigenvalue weighted by molar-refractivity contribution is 0.104. The lowest BCUT2D eigenvalue weighted by atomic mass is 9.95. The number of ketones is 1. The molecule has 2 rings (SSSR count). The van der Waals surface area contributed by atoms with Crippen molar-refractivity contribution in [3.63, 3.8) is 0 Å². The van der Waals surface area contributed by atoms with Crippen molar-refractivity contribution in [2.75, 3.05) is 0 Å². The third kappa shape index (κ3) is 2.57. The van der Waals surface area contributed by atoms with Gasteiger partial charge in [0.25, 0.3) is 0 Å². The number of carbonyl (C=O) groups is 1. The molecule has 2 aromatic rings. The Morgan fingerprint density at radius 2 is 1.72 bits per heavy atom. The van der Waals surface area contributed by atoms with E-state index in [1.807, 2.05) is 12.1 Å². The Kier molecular flexibility index (Phi) is 3.47. The predicted octanol–water partition coefficient (Wildman–Crippen LogP) is 4.95. The molecular formula is C15H18OS2. The molecular weight excluding hydrogens is 260 g/mol. The molecule has 2 heterocycles. The van der Waals surface area contributed by atoms with Crippen molar-refractivity contribution in [3.8, 4) is 0 Å². The number of thiophene rings is 2. The normalized spacial score (nSPS) is 11.8. The van der Waals surface area contributed by atoms with E-state index in [-0.39, 0.29) is 11.2 Å². The van der Waals surface area contributed by atoms with Gasteiger partial charge in [0.15, 0.2) is 0 Å². The van der Waals surface area contributed by atoms with Gasteiger partial charge in [0.2, 0.25) is 5.78 Å². The van der Waals surface area contributed by atoms with Crippen LogP contribution in [0.3, 0.4) is 0 Å². The van der Waals surface area contributed by atoms with E-state index in [0.29, 0.717) is 0 Å². The Hall–Kier alpha value is -0.930. The van der Waals surface area contributed by atoms with Crippen molar-refractivity contribution < 1.29 is 4.79 Å². The van der Waals surface area contributed by atoms with Gasteiger partial charge in [-0.1, -0.05) is 20.8 Å². The minimum Gasteiger partial charge on any atom is -0.287 e. The molecule has 0 unspecified atom stereocenters. The van der Waals surface area contributed by atoms with Gasteiger partial charge in [0.1, 0.15) is 0 Å². The third-order valence-corrected chi connectivity index (χ3v) is 5.62. The SMILES string of the molecule is Cc1cc(C(=O)c2ccc(C(C)(C)C)s2)sc1C. The highest BCUT2D eigenvalue weighted by molar-refractivity contribution is 7.17. The first-order valence-electron chi connectivity index (χ1n) is 6.01. The summed E-state index contributed by atoms with van der Waals surface area (Å²) in [7, 11) is 0. The van der Waals surface area contributed by atoms with Crippen LogP contribution in [-0.4, -0.2) is 5.78 Å². The molecule has 96 valence electrons. The largest absolute Gasteiger partial charge is 0.287 e. The smallest absolute Gasteiger partial charge is 0.212 e. The van der Waals surface area contributed by atoms with Crippen LogP contribution < -0.4 is 0 Å².